The Balaban J connectivity index is 2.44. The molecule has 0 saturated carbocycles. The van der Waals surface area contributed by atoms with Crippen LogP contribution in [0.2, 0.25) is 0 Å². The third-order valence-corrected chi connectivity index (χ3v) is 2.57. The van der Waals surface area contributed by atoms with Gasteiger partial charge >= 0.3 is 5.97 Å². The molecule has 0 aromatic carbocycles. The first kappa shape index (κ1) is 11.0. The molecule has 1 aromatic rings. The summed E-state index contributed by atoms with van der Waals surface area (Å²) in [5.41, 5.74) is 0.882. The number of rotatable bonds is 3. The van der Waals surface area contributed by atoms with E-state index in [9.17, 15) is 4.79 Å². The zero-order valence-electron chi connectivity index (χ0n) is 9.56. The molecule has 1 N–H and O–H groups in total. The van der Waals surface area contributed by atoms with Crippen LogP contribution >= 0.6 is 0 Å². The van der Waals surface area contributed by atoms with Crippen molar-refractivity contribution in [2.75, 3.05) is 6.61 Å². The van der Waals surface area contributed by atoms with E-state index >= 15 is 0 Å². The minimum Gasteiger partial charge on any atom is -0.478 e. The molecule has 1 aliphatic rings. The Kier molecular flexibility index (Phi) is 2.85. The molecule has 0 radical (unpaired) electrons. The summed E-state index contributed by atoms with van der Waals surface area (Å²) in [6, 6.07) is 0. The van der Waals surface area contributed by atoms with Crippen LogP contribution in [0.1, 0.15) is 36.3 Å². The van der Waals surface area contributed by atoms with Gasteiger partial charge in [0.15, 0.2) is 5.69 Å². The van der Waals surface area contributed by atoms with Crippen LogP contribution in [0.4, 0.5) is 0 Å². The average Bonchev–Trinajstić information content (AvgIpc) is 2.57. The van der Waals surface area contributed by atoms with E-state index in [0.717, 1.165) is 18.5 Å². The number of aromatic carboxylic acids is 1. The Morgan fingerprint density at radius 3 is 3.00 bits per heavy atom. The smallest absolute Gasteiger partial charge is 0.356 e. The highest BCUT2D eigenvalue weighted by atomic mass is 16.5. The van der Waals surface area contributed by atoms with Crippen LogP contribution in [0.25, 0.3) is 0 Å². The van der Waals surface area contributed by atoms with Crippen molar-refractivity contribution in [3.8, 4) is 5.88 Å². The predicted molar refractivity (Wildman–Crippen MR) is 57.8 cm³/mol. The molecule has 5 heteroatoms. The molecule has 0 fully saturated rings. The topological polar surface area (TPSA) is 64.3 Å². The summed E-state index contributed by atoms with van der Waals surface area (Å²) in [6.45, 7) is 5.50. The Bertz CT molecular complexity index is 410. The number of nitrogens with zero attached hydrogens (tertiary/aromatic N) is 2. The maximum atomic E-state index is 11.1. The molecular weight excluding hydrogens is 208 g/mol. The molecule has 2 rings (SSSR count). The standard InChI is InChI=1S/C11H16N2O3/c1-7(2)6-8-9(11(14)15)12-13-4-3-5-16-10(8)13/h7H,3-6H2,1-2H3,(H,14,15). The highest BCUT2D eigenvalue weighted by Gasteiger charge is 2.25. The predicted octanol–water partition coefficient (Wildman–Crippen LogP) is 1.56. The van der Waals surface area contributed by atoms with Gasteiger partial charge in [-0.25, -0.2) is 9.48 Å². The van der Waals surface area contributed by atoms with Gasteiger partial charge in [0.05, 0.1) is 6.61 Å². The third-order valence-electron chi connectivity index (χ3n) is 2.57. The number of hydrogen-bond acceptors (Lipinski definition) is 3. The fraction of sp³-hybridized carbons (Fsp3) is 0.636. The van der Waals surface area contributed by atoms with E-state index in [-0.39, 0.29) is 5.69 Å². The summed E-state index contributed by atoms with van der Waals surface area (Å²) < 4.78 is 7.19. The van der Waals surface area contributed by atoms with E-state index in [1.54, 1.807) is 4.68 Å². The number of aryl methyl sites for hydroxylation is 1. The maximum absolute atomic E-state index is 11.1. The lowest BCUT2D eigenvalue weighted by atomic mass is 10.0. The quantitative estimate of drug-likeness (QED) is 0.846. The van der Waals surface area contributed by atoms with Crippen molar-refractivity contribution in [1.82, 2.24) is 9.78 Å². The Hall–Kier alpha value is -1.52. The summed E-state index contributed by atoms with van der Waals surface area (Å²) in [7, 11) is 0. The van der Waals surface area contributed by atoms with Gasteiger partial charge in [0.2, 0.25) is 5.88 Å². The van der Waals surface area contributed by atoms with Crippen LogP contribution < -0.4 is 4.74 Å². The minimum atomic E-state index is -0.971. The van der Waals surface area contributed by atoms with Gasteiger partial charge in [-0.05, 0) is 12.3 Å². The Morgan fingerprint density at radius 1 is 1.62 bits per heavy atom. The van der Waals surface area contributed by atoms with Gasteiger partial charge < -0.3 is 9.84 Å². The van der Waals surface area contributed by atoms with Crippen LogP contribution in [-0.2, 0) is 13.0 Å². The number of hydrogen-bond donors (Lipinski definition) is 1. The largest absolute Gasteiger partial charge is 0.478 e. The Morgan fingerprint density at radius 2 is 2.38 bits per heavy atom. The van der Waals surface area contributed by atoms with Crippen molar-refractivity contribution in [2.24, 2.45) is 5.92 Å². The highest BCUT2D eigenvalue weighted by Crippen LogP contribution is 2.28. The second-order valence-corrected chi connectivity index (χ2v) is 4.46. The van der Waals surface area contributed by atoms with Crippen molar-refractivity contribution in [1.29, 1.82) is 0 Å². The van der Waals surface area contributed by atoms with Gasteiger partial charge in [0.25, 0.3) is 0 Å². The number of aromatic nitrogens is 2. The first-order valence-corrected chi connectivity index (χ1v) is 5.55. The van der Waals surface area contributed by atoms with E-state index in [1.165, 1.54) is 0 Å². The summed E-state index contributed by atoms with van der Waals surface area (Å²) >= 11 is 0. The fourth-order valence-electron chi connectivity index (χ4n) is 1.94. The minimum absolute atomic E-state index is 0.144. The van der Waals surface area contributed by atoms with Gasteiger partial charge in [-0.15, -0.1) is 0 Å². The van der Waals surface area contributed by atoms with E-state index in [2.05, 4.69) is 18.9 Å². The maximum Gasteiger partial charge on any atom is 0.356 e. The normalized spacial score (nSPS) is 14.7. The summed E-state index contributed by atoms with van der Waals surface area (Å²) in [6.07, 6.45) is 1.58. The van der Waals surface area contributed by atoms with E-state index in [1.807, 2.05) is 0 Å². The number of carbonyl (C=O) groups is 1. The molecule has 1 aliphatic heterocycles. The van der Waals surface area contributed by atoms with Gasteiger partial charge in [-0.2, -0.15) is 5.10 Å². The zero-order valence-corrected chi connectivity index (χ0v) is 9.56. The second kappa shape index (κ2) is 4.15. The molecule has 0 spiro atoms. The first-order valence-electron chi connectivity index (χ1n) is 5.55. The molecule has 5 nitrogen and oxygen atoms in total. The van der Waals surface area contributed by atoms with Crippen molar-refractivity contribution in [3.05, 3.63) is 11.3 Å². The molecule has 0 bridgehead atoms. The SMILES string of the molecule is CC(C)Cc1c(C(=O)O)nn2c1OCCC2. The van der Waals surface area contributed by atoms with Crippen molar-refractivity contribution in [2.45, 2.75) is 33.2 Å². The molecule has 1 aromatic heterocycles. The average molecular weight is 224 g/mol. The molecule has 16 heavy (non-hydrogen) atoms. The van der Waals surface area contributed by atoms with E-state index in [4.69, 9.17) is 9.84 Å². The molecule has 0 atom stereocenters. The number of carboxylic acid groups (broad SMARTS) is 1. The number of ether oxygens (including phenoxy) is 1. The van der Waals surface area contributed by atoms with Gasteiger partial charge in [-0.3, -0.25) is 0 Å². The van der Waals surface area contributed by atoms with Crippen LogP contribution in [0, 0.1) is 5.92 Å². The molecule has 0 saturated heterocycles. The molecule has 2 heterocycles. The lowest BCUT2D eigenvalue weighted by molar-refractivity contribution is 0.0688. The number of carboxylic acids is 1. The summed E-state index contributed by atoms with van der Waals surface area (Å²) in [4.78, 5) is 11.1. The van der Waals surface area contributed by atoms with Crippen LogP contribution in [0.15, 0.2) is 0 Å². The molecule has 0 aliphatic carbocycles. The zero-order chi connectivity index (χ0) is 11.7. The van der Waals surface area contributed by atoms with Crippen molar-refractivity contribution < 1.29 is 14.6 Å². The Labute approximate surface area is 94.0 Å². The monoisotopic (exact) mass is 224 g/mol. The molecular formula is C11H16N2O3. The van der Waals surface area contributed by atoms with Crippen molar-refractivity contribution >= 4 is 5.97 Å². The molecule has 0 amide bonds. The summed E-state index contributed by atoms with van der Waals surface area (Å²) in [5, 5.41) is 13.2. The first-order chi connectivity index (χ1) is 7.59. The lowest BCUT2D eigenvalue weighted by Crippen LogP contribution is -2.15. The van der Waals surface area contributed by atoms with Crippen molar-refractivity contribution in [3.63, 3.8) is 0 Å². The van der Waals surface area contributed by atoms with E-state index in [0.29, 0.717) is 24.8 Å². The van der Waals surface area contributed by atoms with Crippen LogP contribution in [0.5, 0.6) is 5.88 Å². The van der Waals surface area contributed by atoms with Crippen LogP contribution in [-0.4, -0.2) is 27.5 Å². The summed E-state index contributed by atoms with van der Waals surface area (Å²) in [5.74, 6) is 0.0658. The molecule has 0 unspecified atom stereocenters. The van der Waals surface area contributed by atoms with Gasteiger partial charge in [-0.1, -0.05) is 13.8 Å². The van der Waals surface area contributed by atoms with Gasteiger partial charge in [0.1, 0.15) is 0 Å². The van der Waals surface area contributed by atoms with Crippen LogP contribution in [0.3, 0.4) is 0 Å². The van der Waals surface area contributed by atoms with E-state index < -0.39 is 5.97 Å². The fourth-order valence-corrected chi connectivity index (χ4v) is 1.94. The van der Waals surface area contributed by atoms with Gasteiger partial charge in [0, 0.05) is 18.5 Å². The second-order valence-electron chi connectivity index (χ2n) is 4.46. The third kappa shape index (κ3) is 1.89. The highest BCUT2D eigenvalue weighted by molar-refractivity contribution is 5.87. The number of fused-ring (bicyclic) bond motifs is 1. The lowest BCUT2D eigenvalue weighted by Gasteiger charge is -2.16. The molecule has 88 valence electrons.